The number of carboxylic acid groups (broad SMARTS) is 1. The van der Waals surface area contributed by atoms with E-state index in [2.05, 4.69) is 21.2 Å². The van der Waals surface area contributed by atoms with Crippen molar-refractivity contribution >= 4 is 33.3 Å². The predicted octanol–water partition coefficient (Wildman–Crippen LogP) is 4.48. The van der Waals surface area contributed by atoms with Crippen LogP contribution in [-0.2, 0) is 0 Å². The Morgan fingerprint density at radius 2 is 1.85 bits per heavy atom. The fourth-order valence-corrected chi connectivity index (χ4v) is 2.06. The predicted molar refractivity (Wildman–Crippen MR) is 75.5 cm³/mol. The van der Waals surface area contributed by atoms with Crippen LogP contribution in [0.25, 0.3) is 0 Å². The monoisotopic (exact) mass is 341 g/mol. The molecular weight excluding hydrogens is 332 g/mol. The Morgan fingerprint density at radius 1 is 1.25 bits per heavy atom. The summed E-state index contributed by atoms with van der Waals surface area (Å²) in [7, 11) is 0. The highest BCUT2D eigenvalue weighted by Crippen LogP contribution is 2.29. The molecule has 0 unspecified atom stereocenters. The molecule has 6 heteroatoms. The van der Waals surface area contributed by atoms with Crippen LogP contribution < -0.4 is 5.32 Å². The average molecular weight is 342 g/mol. The van der Waals surface area contributed by atoms with Gasteiger partial charge in [-0.25, -0.2) is 13.6 Å². The lowest BCUT2D eigenvalue weighted by molar-refractivity contribution is 0.0696. The van der Waals surface area contributed by atoms with E-state index in [1.807, 2.05) is 0 Å². The molecule has 104 valence electrons. The molecule has 0 fully saturated rings. The van der Waals surface area contributed by atoms with Crippen LogP contribution in [0.4, 0.5) is 20.2 Å². The molecule has 0 aliphatic rings. The van der Waals surface area contributed by atoms with Crippen LogP contribution >= 0.6 is 15.9 Å². The molecule has 0 atom stereocenters. The van der Waals surface area contributed by atoms with Crippen molar-refractivity contribution in [3.8, 4) is 0 Å². The van der Waals surface area contributed by atoms with Crippen molar-refractivity contribution in [1.29, 1.82) is 0 Å². The second-order valence-electron chi connectivity index (χ2n) is 4.16. The number of anilines is 2. The fourth-order valence-electron chi connectivity index (χ4n) is 1.69. The molecule has 2 N–H and O–H groups in total. The van der Waals surface area contributed by atoms with Gasteiger partial charge in [0.15, 0.2) is 11.6 Å². The molecule has 0 aliphatic carbocycles. The number of rotatable bonds is 3. The Hall–Kier alpha value is -1.95. The van der Waals surface area contributed by atoms with Gasteiger partial charge in [0.05, 0.1) is 5.56 Å². The summed E-state index contributed by atoms with van der Waals surface area (Å²) in [4.78, 5) is 10.7. The van der Waals surface area contributed by atoms with E-state index in [9.17, 15) is 13.6 Å². The van der Waals surface area contributed by atoms with Gasteiger partial charge in [0.2, 0.25) is 0 Å². The standard InChI is InChI=1S/C14H10BrF2NO2/c1-7-9(15)3-2-4-12(7)18-13-10(16)5-8(14(19)20)6-11(13)17/h2-6,18H,1H3,(H,19,20). The van der Waals surface area contributed by atoms with Gasteiger partial charge in [-0.2, -0.15) is 0 Å². The Morgan fingerprint density at radius 3 is 2.40 bits per heavy atom. The molecular formula is C14H10BrF2NO2. The Bertz CT molecular complexity index is 666. The van der Waals surface area contributed by atoms with Gasteiger partial charge in [0.1, 0.15) is 5.69 Å². The van der Waals surface area contributed by atoms with E-state index in [-0.39, 0.29) is 5.69 Å². The van der Waals surface area contributed by atoms with Crippen molar-refractivity contribution in [3.63, 3.8) is 0 Å². The van der Waals surface area contributed by atoms with Crippen LogP contribution in [0, 0.1) is 18.6 Å². The maximum Gasteiger partial charge on any atom is 0.335 e. The van der Waals surface area contributed by atoms with Crippen molar-refractivity contribution in [2.24, 2.45) is 0 Å². The molecule has 0 amide bonds. The summed E-state index contributed by atoms with van der Waals surface area (Å²) < 4.78 is 28.4. The molecule has 2 aromatic carbocycles. The van der Waals surface area contributed by atoms with E-state index in [0.29, 0.717) is 5.69 Å². The number of carboxylic acids is 1. The Labute approximate surface area is 122 Å². The zero-order valence-electron chi connectivity index (χ0n) is 10.4. The Balaban J connectivity index is 2.44. The van der Waals surface area contributed by atoms with E-state index in [1.54, 1.807) is 25.1 Å². The molecule has 0 saturated carbocycles. The third-order valence-electron chi connectivity index (χ3n) is 2.82. The molecule has 3 nitrogen and oxygen atoms in total. The second-order valence-corrected chi connectivity index (χ2v) is 5.01. The van der Waals surface area contributed by atoms with E-state index in [4.69, 9.17) is 5.11 Å². The third kappa shape index (κ3) is 2.80. The van der Waals surface area contributed by atoms with Gasteiger partial charge < -0.3 is 10.4 Å². The normalized spacial score (nSPS) is 10.4. The quantitative estimate of drug-likeness (QED) is 0.865. The summed E-state index contributed by atoms with van der Waals surface area (Å²) in [5.74, 6) is -3.29. The smallest absolute Gasteiger partial charge is 0.335 e. The van der Waals surface area contributed by atoms with Gasteiger partial charge in [0.25, 0.3) is 0 Å². The van der Waals surface area contributed by atoms with Gasteiger partial charge in [-0.1, -0.05) is 22.0 Å². The number of hydrogen-bond acceptors (Lipinski definition) is 2. The van der Waals surface area contributed by atoms with E-state index >= 15 is 0 Å². The fraction of sp³-hybridized carbons (Fsp3) is 0.0714. The summed E-state index contributed by atoms with van der Waals surface area (Å²) in [6, 6.07) is 6.76. The lowest BCUT2D eigenvalue weighted by atomic mass is 10.1. The molecule has 0 saturated heterocycles. The summed E-state index contributed by atoms with van der Waals surface area (Å²) in [6.45, 7) is 1.79. The molecule has 2 rings (SSSR count). The summed E-state index contributed by atoms with van der Waals surface area (Å²) in [6.07, 6.45) is 0. The molecule has 0 aliphatic heterocycles. The highest BCUT2D eigenvalue weighted by atomic mass is 79.9. The van der Waals surface area contributed by atoms with Crippen LogP contribution in [0.2, 0.25) is 0 Å². The van der Waals surface area contributed by atoms with Crippen molar-refractivity contribution < 1.29 is 18.7 Å². The van der Waals surface area contributed by atoms with Crippen LogP contribution in [-0.4, -0.2) is 11.1 Å². The number of halogens is 3. The highest BCUT2D eigenvalue weighted by molar-refractivity contribution is 9.10. The van der Waals surface area contributed by atoms with Crippen molar-refractivity contribution in [2.45, 2.75) is 6.92 Å². The first-order valence-electron chi connectivity index (χ1n) is 5.64. The molecule has 0 spiro atoms. The summed E-state index contributed by atoms with van der Waals surface area (Å²) in [5.41, 5.74) is 0.501. The molecule has 0 heterocycles. The average Bonchev–Trinajstić information content (AvgIpc) is 2.38. The topological polar surface area (TPSA) is 49.3 Å². The first kappa shape index (κ1) is 14.5. The highest BCUT2D eigenvalue weighted by Gasteiger charge is 2.15. The Kier molecular flexibility index (Phi) is 4.04. The number of hydrogen-bond donors (Lipinski definition) is 2. The molecule has 0 aromatic heterocycles. The summed E-state index contributed by atoms with van der Waals surface area (Å²) >= 11 is 3.32. The van der Waals surface area contributed by atoms with Crippen molar-refractivity contribution in [3.05, 3.63) is 57.6 Å². The zero-order chi connectivity index (χ0) is 14.9. The lowest BCUT2D eigenvalue weighted by Crippen LogP contribution is -2.04. The van der Waals surface area contributed by atoms with Crippen LogP contribution in [0.1, 0.15) is 15.9 Å². The first-order valence-corrected chi connectivity index (χ1v) is 6.44. The largest absolute Gasteiger partial charge is 0.478 e. The van der Waals surface area contributed by atoms with Gasteiger partial charge >= 0.3 is 5.97 Å². The molecule has 0 bridgehead atoms. The number of aromatic carboxylic acids is 1. The molecule has 20 heavy (non-hydrogen) atoms. The van der Waals surface area contributed by atoms with Gasteiger partial charge in [-0.05, 0) is 36.8 Å². The van der Waals surface area contributed by atoms with E-state index in [0.717, 1.165) is 22.2 Å². The number of carbonyl (C=O) groups is 1. The minimum atomic E-state index is -1.38. The minimum absolute atomic E-state index is 0.379. The minimum Gasteiger partial charge on any atom is -0.478 e. The number of benzene rings is 2. The maximum absolute atomic E-state index is 13.8. The van der Waals surface area contributed by atoms with E-state index < -0.39 is 23.2 Å². The van der Waals surface area contributed by atoms with Crippen molar-refractivity contribution in [1.82, 2.24) is 0 Å². The van der Waals surface area contributed by atoms with Gasteiger partial charge in [-0.3, -0.25) is 0 Å². The third-order valence-corrected chi connectivity index (χ3v) is 3.68. The maximum atomic E-state index is 13.8. The van der Waals surface area contributed by atoms with E-state index in [1.165, 1.54) is 0 Å². The lowest BCUT2D eigenvalue weighted by Gasteiger charge is -2.12. The summed E-state index contributed by atoms with van der Waals surface area (Å²) in [5, 5.41) is 11.4. The second kappa shape index (κ2) is 5.58. The molecule has 2 aromatic rings. The SMILES string of the molecule is Cc1c(Br)cccc1Nc1c(F)cc(C(=O)O)cc1F. The molecule has 0 radical (unpaired) electrons. The van der Waals surface area contributed by atoms with Crippen LogP contribution in [0.5, 0.6) is 0 Å². The van der Waals surface area contributed by atoms with Gasteiger partial charge in [-0.15, -0.1) is 0 Å². The van der Waals surface area contributed by atoms with Crippen LogP contribution in [0.3, 0.4) is 0 Å². The number of nitrogens with one attached hydrogen (secondary N) is 1. The van der Waals surface area contributed by atoms with Crippen LogP contribution in [0.15, 0.2) is 34.8 Å². The zero-order valence-corrected chi connectivity index (χ0v) is 12.0. The van der Waals surface area contributed by atoms with Crippen molar-refractivity contribution in [2.75, 3.05) is 5.32 Å². The van der Waals surface area contributed by atoms with Gasteiger partial charge in [0, 0.05) is 10.2 Å². The first-order chi connectivity index (χ1) is 9.40.